The van der Waals surface area contributed by atoms with Gasteiger partial charge in [-0.15, -0.1) is 0 Å². The molecule has 1 aliphatic carbocycles. The minimum absolute atomic E-state index is 0.673. The van der Waals surface area contributed by atoms with Crippen LogP contribution >= 0.6 is 0 Å². The van der Waals surface area contributed by atoms with E-state index in [-0.39, 0.29) is 0 Å². The lowest BCUT2D eigenvalue weighted by Gasteiger charge is -2.14. The van der Waals surface area contributed by atoms with E-state index >= 15 is 0 Å². The van der Waals surface area contributed by atoms with Crippen molar-refractivity contribution in [2.24, 2.45) is 0 Å². The topological polar surface area (TPSA) is 12.0 Å². The molecular weight excluding hydrogens is 158 g/mol. The number of hydrogen-bond donors (Lipinski definition) is 1. The average molecular weight is 179 g/mol. The lowest BCUT2D eigenvalue weighted by atomic mass is 10.1. The molecule has 1 aliphatic rings. The van der Waals surface area contributed by atoms with E-state index in [4.69, 9.17) is 0 Å². The highest BCUT2D eigenvalue weighted by Crippen LogP contribution is 2.05. The van der Waals surface area contributed by atoms with Gasteiger partial charge in [-0.05, 0) is 25.8 Å². The Hall–Kier alpha value is -0.560. The molecule has 1 rings (SSSR count). The van der Waals surface area contributed by atoms with Gasteiger partial charge in [0.1, 0.15) is 0 Å². The molecule has 74 valence electrons. The average Bonchev–Trinajstić information content (AvgIpc) is 2.41. The number of rotatable bonds is 5. The molecule has 0 spiro atoms. The molecule has 0 unspecified atom stereocenters. The summed E-state index contributed by atoms with van der Waals surface area (Å²) in [5, 5.41) is 3.59. The molecule has 13 heavy (non-hydrogen) atoms. The lowest BCUT2D eigenvalue weighted by Crippen LogP contribution is -2.28. The minimum Gasteiger partial charge on any atom is -0.313 e. The van der Waals surface area contributed by atoms with E-state index in [2.05, 4.69) is 36.5 Å². The van der Waals surface area contributed by atoms with Crippen LogP contribution in [0.2, 0.25) is 0 Å². The number of allylic oxidation sites excluding steroid dienone is 2. The van der Waals surface area contributed by atoms with E-state index in [0.717, 1.165) is 0 Å². The van der Waals surface area contributed by atoms with E-state index in [1.54, 1.807) is 0 Å². The molecule has 0 aromatic heterocycles. The summed E-state index contributed by atoms with van der Waals surface area (Å²) in [6, 6.07) is 0.673. The summed E-state index contributed by atoms with van der Waals surface area (Å²) in [4.78, 5) is 0. The molecule has 0 radical (unpaired) electrons. The van der Waals surface area contributed by atoms with Gasteiger partial charge in [0.25, 0.3) is 0 Å². The molecule has 0 fully saturated rings. The van der Waals surface area contributed by atoms with Crippen molar-refractivity contribution in [3.8, 4) is 0 Å². The summed E-state index contributed by atoms with van der Waals surface area (Å²) in [6.45, 7) is 3.43. The monoisotopic (exact) mass is 179 g/mol. The number of nitrogens with one attached hydrogen (secondary N) is 1. The van der Waals surface area contributed by atoms with Gasteiger partial charge in [-0.3, -0.25) is 0 Å². The zero-order valence-corrected chi connectivity index (χ0v) is 8.63. The fourth-order valence-corrected chi connectivity index (χ4v) is 1.59. The second-order valence-electron chi connectivity index (χ2n) is 3.69. The van der Waals surface area contributed by atoms with Crippen molar-refractivity contribution < 1.29 is 0 Å². The van der Waals surface area contributed by atoms with Crippen LogP contribution in [0.5, 0.6) is 0 Å². The van der Waals surface area contributed by atoms with Gasteiger partial charge >= 0.3 is 0 Å². The zero-order chi connectivity index (χ0) is 9.36. The van der Waals surface area contributed by atoms with Crippen molar-refractivity contribution in [3.05, 3.63) is 24.3 Å². The second kappa shape index (κ2) is 6.90. The van der Waals surface area contributed by atoms with Crippen LogP contribution in [0.15, 0.2) is 24.3 Å². The summed E-state index contributed by atoms with van der Waals surface area (Å²) < 4.78 is 0. The maximum absolute atomic E-state index is 3.59. The summed E-state index contributed by atoms with van der Waals surface area (Å²) >= 11 is 0. The first-order chi connectivity index (χ1) is 6.43. The largest absolute Gasteiger partial charge is 0.313 e. The minimum atomic E-state index is 0.673. The fraction of sp³-hybridized carbons (Fsp3) is 0.667. The van der Waals surface area contributed by atoms with Crippen molar-refractivity contribution in [1.82, 2.24) is 5.32 Å². The van der Waals surface area contributed by atoms with Gasteiger partial charge in [0, 0.05) is 6.04 Å². The Labute approximate surface area is 81.9 Å². The van der Waals surface area contributed by atoms with Crippen LogP contribution in [-0.4, -0.2) is 12.6 Å². The highest BCUT2D eigenvalue weighted by atomic mass is 14.9. The molecule has 0 bridgehead atoms. The van der Waals surface area contributed by atoms with Crippen LogP contribution in [0.3, 0.4) is 0 Å². The summed E-state index contributed by atoms with van der Waals surface area (Å²) in [5.74, 6) is 0. The maximum atomic E-state index is 3.59. The maximum Gasteiger partial charge on any atom is 0.0136 e. The molecule has 0 aromatic carbocycles. The van der Waals surface area contributed by atoms with Crippen molar-refractivity contribution in [2.75, 3.05) is 6.54 Å². The molecule has 0 aliphatic heterocycles. The summed E-state index contributed by atoms with van der Waals surface area (Å²) in [6.07, 6.45) is 15.1. The van der Waals surface area contributed by atoms with Crippen molar-refractivity contribution >= 4 is 0 Å². The van der Waals surface area contributed by atoms with E-state index in [1.807, 2.05) is 0 Å². The second-order valence-corrected chi connectivity index (χ2v) is 3.69. The molecule has 1 N–H and O–H groups in total. The van der Waals surface area contributed by atoms with Crippen LogP contribution in [0.1, 0.15) is 39.0 Å². The fourth-order valence-electron chi connectivity index (χ4n) is 1.59. The van der Waals surface area contributed by atoms with Crippen molar-refractivity contribution in [1.29, 1.82) is 0 Å². The molecule has 1 heteroatoms. The summed E-state index contributed by atoms with van der Waals surface area (Å²) in [7, 11) is 0. The van der Waals surface area contributed by atoms with E-state index in [1.165, 1.54) is 38.6 Å². The predicted octanol–water partition coefficient (Wildman–Crippen LogP) is 3.04. The Morgan fingerprint density at radius 1 is 1.15 bits per heavy atom. The zero-order valence-electron chi connectivity index (χ0n) is 8.63. The van der Waals surface area contributed by atoms with Crippen molar-refractivity contribution in [2.45, 2.75) is 45.1 Å². The quantitative estimate of drug-likeness (QED) is 0.640. The molecule has 0 saturated heterocycles. The third-order valence-electron chi connectivity index (χ3n) is 2.44. The smallest absolute Gasteiger partial charge is 0.0136 e. The van der Waals surface area contributed by atoms with Crippen LogP contribution in [-0.2, 0) is 0 Å². The lowest BCUT2D eigenvalue weighted by molar-refractivity contribution is 0.504. The molecule has 1 nitrogen and oxygen atoms in total. The van der Waals surface area contributed by atoms with E-state index in [9.17, 15) is 0 Å². The molecule has 0 atom stereocenters. The van der Waals surface area contributed by atoms with Crippen LogP contribution < -0.4 is 5.32 Å². The number of hydrogen-bond acceptors (Lipinski definition) is 1. The molecule has 0 aromatic rings. The number of unbranched alkanes of at least 4 members (excludes halogenated alkanes) is 2. The van der Waals surface area contributed by atoms with E-state index in [0.29, 0.717) is 6.04 Å². The van der Waals surface area contributed by atoms with Gasteiger partial charge in [-0.25, -0.2) is 0 Å². The highest BCUT2D eigenvalue weighted by molar-refractivity contribution is 5.07. The predicted molar refractivity (Wildman–Crippen MR) is 58.8 cm³/mol. The normalized spacial score (nSPS) is 17.6. The third-order valence-corrected chi connectivity index (χ3v) is 2.44. The van der Waals surface area contributed by atoms with Gasteiger partial charge in [0.15, 0.2) is 0 Å². The standard InChI is InChI=1S/C12H21N/c1-2-3-8-11-13-12-9-6-4-5-7-10-12/h4-7,12-13H,2-3,8-11H2,1H3. The van der Waals surface area contributed by atoms with Gasteiger partial charge in [-0.1, -0.05) is 44.1 Å². The van der Waals surface area contributed by atoms with Crippen molar-refractivity contribution in [3.63, 3.8) is 0 Å². The molecular formula is C12H21N. The SMILES string of the molecule is CCCCCNC1CC=CC=CC1. The van der Waals surface area contributed by atoms with Gasteiger partial charge in [-0.2, -0.15) is 0 Å². The summed E-state index contributed by atoms with van der Waals surface area (Å²) in [5.41, 5.74) is 0. The van der Waals surface area contributed by atoms with Crippen LogP contribution in [0.4, 0.5) is 0 Å². The Morgan fingerprint density at radius 2 is 1.85 bits per heavy atom. The first kappa shape index (κ1) is 10.5. The Morgan fingerprint density at radius 3 is 2.46 bits per heavy atom. The Balaban J connectivity index is 2.06. The van der Waals surface area contributed by atoms with E-state index < -0.39 is 0 Å². The highest BCUT2D eigenvalue weighted by Gasteiger charge is 2.04. The first-order valence-corrected chi connectivity index (χ1v) is 5.48. The molecule has 0 heterocycles. The Bertz CT molecular complexity index is 156. The Kier molecular flexibility index (Phi) is 5.59. The van der Waals surface area contributed by atoms with Crippen LogP contribution in [0.25, 0.3) is 0 Å². The first-order valence-electron chi connectivity index (χ1n) is 5.48. The van der Waals surface area contributed by atoms with Gasteiger partial charge in [0.05, 0.1) is 0 Å². The molecule has 0 saturated carbocycles. The van der Waals surface area contributed by atoms with Crippen LogP contribution in [0, 0.1) is 0 Å². The molecule has 0 amide bonds. The van der Waals surface area contributed by atoms with Gasteiger partial charge < -0.3 is 5.32 Å². The van der Waals surface area contributed by atoms with Gasteiger partial charge in [0.2, 0.25) is 0 Å². The third kappa shape index (κ3) is 4.89.